The molecule has 2 unspecified atom stereocenters. The molecule has 2 atom stereocenters. The maximum atomic E-state index is 12.7. The van der Waals surface area contributed by atoms with Crippen molar-refractivity contribution in [3.63, 3.8) is 0 Å². The molecule has 1 aliphatic carbocycles. The van der Waals surface area contributed by atoms with Gasteiger partial charge >= 0.3 is 0 Å². The molecule has 0 saturated heterocycles. The number of nitrogens with one attached hydrogen (secondary N) is 2. The van der Waals surface area contributed by atoms with Crippen molar-refractivity contribution in [2.75, 3.05) is 0 Å². The van der Waals surface area contributed by atoms with E-state index in [1.54, 1.807) is 0 Å². The lowest BCUT2D eigenvalue weighted by atomic mass is 9.66. The van der Waals surface area contributed by atoms with E-state index >= 15 is 0 Å². The highest BCUT2D eigenvalue weighted by molar-refractivity contribution is 5.83. The van der Waals surface area contributed by atoms with E-state index in [1.807, 2.05) is 41.5 Å². The lowest BCUT2D eigenvalue weighted by Crippen LogP contribution is -2.59. The summed E-state index contributed by atoms with van der Waals surface area (Å²) in [5, 5.41) is 6.50. The number of carbonyl (C=O) groups is 2. The number of rotatable bonds is 4. The maximum absolute atomic E-state index is 12.7. The lowest BCUT2D eigenvalue weighted by Gasteiger charge is -2.48. The van der Waals surface area contributed by atoms with Crippen LogP contribution in [0.4, 0.5) is 0 Å². The molecule has 0 aliphatic heterocycles. The van der Waals surface area contributed by atoms with E-state index in [0.29, 0.717) is 0 Å². The first-order chi connectivity index (χ1) is 10.6. The van der Waals surface area contributed by atoms with E-state index in [1.165, 1.54) is 0 Å². The highest BCUT2D eigenvalue weighted by Gasteiger charge is 2.44. The quantitative estimate of drug-likeness (QED) is 0.813. The molecule has 0 aromatic heterocycles. The molecule has 1 saturated carbocycles. The summed E-state index contributed by atoms with van der Waals surface area (Å²) in [7, 11) is 0. The van der Waals surface area contributed by atoms with Crippen LogP contribution in [0.1, 0.15) is 88.0 Å². The predicted octanol–water partition coefficient (Wildman–Crippen LogP) is 4.04. The lowest BCUT2D eigenvalue weighted by molar-refractivity contribution is -0.132. The Morgan fingerprint density at radius 3 is 2.00 bits per heavy atom. The third-order valence-corrected chi connectivity index (χ3v) is 5.29. The molecule has 0 heterocycles. The normalized spacial score (nSPS) is 27.5. The Morgan fingerprint density at radius 2 is 1.54 bits per heavy atom. The summed E-state index contributed by atoms with van der Waals surface area (Å²) < 4.78 is 0. The Bertz CT molecular complexity index is 488. The molecule has 0 aromatic carbocycles. The Labute approximate surface area is 148 Å². The fraction of sp³-hybridized carbons (Fsp3) is 0.900. The van der Waals surface area contributed by atoms with Crippen molar-refractivity contribution in [3.05, 3.63) is 0 Å². The van der Waals surface area contributed by atoms with Crippen molar-refractivity contribution in [2.45, 2.75) is 99.6 Å². The van der Waals surface area contributed by atoms with Gasteiger partial charge < -0.3 is 10.6 Å². The van der Waals surface area contributed by atoms with E-state index in [0.717, 1.165) is 25.7 Å². The summed E-state index contributed by atoms with van der Waals surface area (Å²) in [4.78, 5) is 25.1. The molecule has 1 aliphatic rings. The number of carbonyl (C=O) groups excluding carboxylic acids is 2. The van der Waals surface area contributed by atoms with Crippen LogP contribution in [0.3, 0.4) is 0 Å². The molecule has 4 nitrogen and oxygen atoms in total. The first kappa shape index (κ1) is 21.0. The van der Waals surface area contributed by atoms with Gasteiger partial charge in [-0.3, -0.25) is 9.59 Å². The van der Waals surface area contributed by atoms with Crippen molar-refractivity contribution in [2.24, 2.45) is 16.2 Å². The van der Waals surface area contributed by atoms with E-state index in [9.17, 15) is 9.59 Å². The van der Waals surface area contributed by atoms with Crippen LogP contribution in [0.25, 0.3) is 0 Å². The van der Waals surface area contributed by atoms with Gasteiger partial charge in [-0.05, 0) is 38.0 Å². The Hall–Kier alpha value is -1.06. The number of hydrogen-bond acceptors (Lipinski definition) is 2. The molecule has 0 radical (unpaired) electrons. The van der Waals surface area contributed by atoms with Gasteiger partial charge in [0.15, 0.2) is 0 Å². The number of amides is 2. The monoisotopic (exact) mass is 338 g/mol. The first-order valence-electron chi connectivity index (χ1n) is 9.24. The Morgan fingerprint density at radius 1 is 1.00 bits per heavy atom. The summed E-state index contributed by atoms with van der Waals surface area (Å²) in [5.74, 6) is 0.180. The van der Waals surface area contributed by atoms with Gasteiger partial charge in [0.25, 0.3) is 0 Å². The highest BCUT2D eigenvalue weighted by Crippen LogP contribution is 2.41. The van der Waals surface area contributed by atoms with Gasteiger partial charge in [0.2, 0.25) is 11.8 Å². The minimum Gasteiger partial charge on any atom is -0.353 e. The summed E-state index contributed by atoms with van der Waals surface area (Å²) in [6.45, 7) is 18.4. The smallest absolute Gasteiger partial charge is 0.226 e. The minimum atomic E-state index is -0.397. The SMILES string of the molecule is CCC(C)(C)C(=O)NC1(C)CC(NC(=O)C(C)(C)C)CC(C)(C)C1. The van der Waals surface area contributed by atoms with E-state index < -0.39 is 5.41 Å². The van der Waals surface area contributed by atoms with Crippen molar-refractivity contribution < 1.29 is 9.59 Å². The van der Waals surface area contributed by atoms with E-state index in [2.05, 4.69) is 31.4 Å². The van der Waals surface area contributed by atoms with Crippen LogP contribution in [0.2, 0.25) is 0 Å². The van der Waals surface area contributed by atoms with Gasteiger partial charge in [-0.2, -0.15) is 0 Å². The van der Waals surface area contributed by atoms with Crippen LogP contribution in [-0.2, 0) is 9.59 Å². The standard InChI is InChI=1S/C20H38N2O2/c1-10-19(7,8)16(24)22-20(9)12-14(11-18(5,6)13-20)21-15(23)17(2,3)4/h14H,10-13H2,1-9H3,(H,21,23)(H,22,24). The zero-order valence-corrected chi connectivity index (χ0v) is 17.2. The second kappa shape index (κ2) is 6.68. The first-order valence-corrected chi connectivity index (χ1v) is 9.24. The fourth-order valence-electron chi connectivity index (χ4n) is 3.69. The molecule has 0 spiro atoms. The van der Waals surface area contributed by atoms with Gasteiger partial charge in [0, 0.05) is 22.4 Å². The van der Waals surface area contributed by atoms with Gasteiger partial charge in [0.1, 0.15) is 0 Å². The van der Waals surface area contributed by atoms with Crippen LogP contribution in [-0.4, -0.2) is 23.4 Å². The van der Waals surface area contributed by atoms with Crippen LogP contribution in [0.15, 0.2) is 0 Å². The van der Waals surface area contributed by atoms with Crippen LogP contribution >= 0.6 is 0 Å². The van der Waals surface area contributed by atoms with Crippen molar-refractivity contribution in [1.82, 2.24) is 10.6 Å². The summed E-state index contributed by atoms with van der Waals surface area (Å²) in [5.41, 5.74) is -0.978. The summed E-state index contributed by atoms with van der Waals surface area (Å²) in [6.07, 6.45) is 3.46. The third-order valence-electron chi connectivity index (χ3n) is 5.29. The molecular formula is C20H38N2O2. The molecule has 1 fully saturated rings. The second-order valence-corrected chi connectivity index (χ2v) is 10.4. The molecule has 0 bridgehead atoms. The van der Waals surface area contributed by atoms with Gasteiger partial charge in [-0.25, -0.2) is 0 Å². The topological polar surface area (TPSA) is 58.2 Å². The molecule has 140 valence electrons. The Kier molecular flexibility index (Phi) is 5.84. The van der Waals surface area contributed by atoms with Crippen LogP contribution in [0, 0.1) is 16.2 Å². The molecule has 24 heavy (non-hydrogen) atoms. The van der Waals surface area contributed by atoms with Crippen LogP contribution in [0.5, 0.6) is 0 Å². The highest BCUT2D eigenvalue weighted by atomic mass is 16.2. The largest absolute Gasteiger partial charge is 0.353 e. The fourth-order valence-corrected chi connectivity index (χ4v) is 3.69. The molecule has 2 N–H and O–H groups in total. The average Bonchev–Trinajstić information content (AvgIpc) is 2.34. The van der Waals surface area contributed by atoms with Crippen molar-refractivity contribution in [3.8, 4) is 0 Å². The zero-order valence-electron chi connectivity index (χ0n) is 17.2. The third kappa shape index (κ3) is 5.49. The van der Waals surface area contributed by atoms with Crippen molar-refractivity contribution >= 4 is 11.8 Å². The average molecular weight is 339 g/mol. The molecule has 4 heteroatoms. The molecule has 0 aromatic rings. The zero-order chi connectivity index (χ0) is 19.0. The molecular weight excluding hydrogens is 300 g/mol. The Balaban J connectivity index is 2.91. The second-order valence-electron chi connectivity index (χ2n) is 10.4. The van der Waals surface area contributed by atoms with E-state index in [4.69, 9.17) is 0 Å². The van der Waals surface area contributed by atoms with Gasteiger partial charge in [-0.1, -0.05) is 55.4 Å². The molecule has 1 rings (SSSR count). The minimum absolute atomic E-state index is 0.0759. The molecule has 2 amide bonds. The summed E-state index contributed by atoms with van der Waals surface area (Å²) >= 11 is 0. The number of hydrogen-bond donors (Lipinski definition) is 2. The summed E-state index contributed by atoms with van der Waals surface area (Å²) in [6, 6.07) is 0.0931. The van der Waals surface area contributed by atoms with Crippen LogP contribution < -0.4 is 10.6 Å². The van der Waals surface area contributed by atoms with Crippen molar-refractivity contribution in [1.29, 1.82) is 0 Å². The van der Waals surface area contributed by atoms with Gasteiger partial charge in [-0.15, -0.1) is 0 Å². The predicted molar refractivity (Wildman–Crippen MR) is 99.6 cm³/mol. The van der Waals surface area contributed by atoms with Gasteiger partial charge in [0.05, 0.1) is 0 Å². The van der Waals surface area contributed by atoms with E-state index in [-0.39, 0.29) is 34.2 Å². The maximum Gasteiger partial charge on any atom is 0.226 e.